The van der Waals surface area contributed by atoms with Crippen LogP contribution < -0.4 is 5.32 Å². The Labute approximate surface area is 135 Å². The van der Waals surface area contributed by atoms with Gasteiger partial charge in [0.05, 0.1) is 0 Å². The molecule has 1 aliphatic rings. The Morgan fingerprint density at radius 3 is 2.62 bits per heavy atom. The zero-order chi connectivity index (χ0) is 14.9. The molecule has 1 aliphatic carbocycles. The Morgan fingerprint density at radius 1 is 1.10 bits per heavy atom. The number of hydrogen-bond acceptors (Lipinski definition) is 2. The van der Waals surface area contributed by atoms with E-state index in [1.54, 1.807) is 5.56 Å². The Balaban J connectivity index is 1.91. The number of nitrogens with one attached hydrogen (secondary N) is 1. The van der Waals surface area contributed by atoms with Gasteiger partial charge in [0, 0.05) is 11.3 Å². The van der Waals surface area contributed by atoms with Gasteiger partial charge in [-0.3, -0.25) is 0 Å². The summed E-state index contributed by atoms with van der Waals surface area (Å²) in [6.07, 6.45) is 8.11. The fourth-order valence-corrected chi connectivity index (χ4v) is 4.93. The van der Waals surface area contributed by atoms with Gasteiger partial charge in [-0.05, 0) is 49.5 Å². The molecule has 21 heavy (non-hydrogen) atoms. The van der Waals surface area contributed by atoms with Crippen molar-refractivity contribution in [3.8, 4) is 0 Å². The summed E-state index contributed by atoms with van der Waals surface area (Å²) in [4.78, 5) is 0. The molecule has 1 N–H and O–H groups in total. The fourth-order valence-electron chi connectivity index (χ4n) is 3.42. The molecule has 0 saturated heterocycles. The van der Waals surface area contributed by atoms with E-state index in [2.05, 4.69) is 61.3 Å². The SMILES string of the molecule is CCCCCSC1CC(c2ccccc2)CCC1NCC. The highest BCUT2D eigenvalue weighted by molar-refractivity contribution is 7.99. The van der Waals surface area contributed by atoms with Crippen molar-refractivity contribution in [1.29, 1.82) is 0 Å². The lowest BCUT2D eigenvalue weighted by Crippen LogP contribution is -2.42. The lowest BCUT2D eigenvalue weighted by atomic mass is 9.81. The van der Waals surface area contributed by atoms with Gasteiger partial charge in [-0.25, -0.2) is 0 Å². The minimum absolute atomic E-state index is 0.724. The maximum absolute atomic E-state index is 3.73. The van der Waals surface area contributed by atoms with Crippen LogP contribution in [0, 0.1) is 0 Å². The van der Waals surface area contributed by atoms with Crippen molar-refractivity contribution in [2.75, 3.05) is 12.3 Å². The van der Waals surface area contributed by atoms with Crippen molar-refractivity contribution in [3.05, 3.63) is 35.9 Å². The Bertz CT molecular complexity index is 378. The molecule has 1 fully saturated rings. The van der Waals surface area contributed by atoms with Crippen LogP contribution in [-0.2, 0) is 0 Å². The predicted molar refractivity (Wildman–Crippen MR) is 96.3 cm³/mol. The van der Waals surface area contributed by atoms with Gasteiger partial charge >= 0.3 is 0 Å². The van der Waals surface area contributed by atoms with Gasteiger partial charge in [-0.1, -0.05) is 57.0 Å². The van der Waals surface area contributed by atoms with Gasteiger partial charge in [0.2, 0.25) is 0 Å². The second-order valence-corrected chi connectivity index (χ2v) is 7.55. The van der Waals surface area contributed by atoms with Crippen molar-refractivity contribution in [1.82, 2.24) is 5.32 Å². The third kappa shape index (κ3) is 5.34. The van der Waals surface area contributed by atoms with E-state index in [1.807, 2.05) is 0 Å². The van der Waals surface area contributed by atoms with Crippen LogP contribution in [0.1, 0.15) is 63.9 Å². The smallest absolute Gasteiger partial charge is 0.0206 e. The molecule has 0 radical (unpaired) electrons. The number of hydrogen-bond donors (Lipinski definition) is 1. The molecule has 118 valence electrons. The van der Waals surface area contributed by atoms with Crippen molar-refractivity contribution in [3.63, 3.8) is 0 Å². The van der Waals surface area contributed by atoms with E-state index in [0.717, 1.165) is 23.8 Å². The minimum Gasteiger partial charge on any atom is -0.313 e. The summed E-state index contributed by atoms with van der Waals surface area (Å²) in [5, 5.41) is 4.52. The second-order valence-electron chi connectivity index (χ2n) is 6.20. The average molecular weight is 306 g/mol. The Morgan fingerprint density at radius 2 is 1.90 bits per heavy atom. The molecule has 0 aliphatic heterocycles. The van der Waals surface area contributed by atoms with Gasteiger partial charge in [-0.15, -0.1) is 0 Å². The monoisotopic (exact) mass is 305 g/mol. The van der Waals surface area contributed by atoms with Crippen LogP contribution in [0.25, 0.3) is 0 Å². The molecule has 1 aromatic rings. The number of benzene rings is 1. The summed E-state index contributed by atoms with van der Waals surface area (Å²) < 4.78 is 0. The zero-order valence-corrected chi connectivity index (χ0v) is 14.5. The van der Waals surface area contributed by atoms with Crippen LogP contribution >= 0.6 is 11.8 Å². The molecule has 1 aromatic carbocycles. The lowest BCUT2D eigenvalue weighted by molar-refractivity contribution is 0.358. The molecule has 0 amide bonds. The third-order valence-electron chi connectivity index (χ3n) is 4.61. The maximum atomic E-state index is 3.73. The molecule has 3 atom stereocenters. The number of unbranched alkanes of at least 4 members (excludes halogenated alkanes) is 2. The van der Waals surface area contributed by atoms with Gasteiger partial charge < -0.3 is 5.32 Å². The van der Waals surface area contributed by atoms with Crippen LogP contribution in [0.2, 0.25) is 0 Å². The Hall–Kier alpha value is -0.470. The average Bonchev–Trinajstić information content (AvgIpc) is 2.54. The summed E-state index contributed by atoms with van der Waals surface area (Å²) in [6.45, 7) is 5.63. The standard InChI is InChI=1S/C19H31NS/c1-3-5-9-14-21-19-15-17(12-13-18(19)20-4-2)16-10-7-6-8-11-16/h6-8,10-11,17-20H,3-5,9,12-15H2,1-2H3. The van der Waals surface area contributed by atoms with Crippen molar-refractivity contribution < 1.29 is 0 Å². The first-order valence-electron chi connectivity index (χ1n) is 8.75. The summed E-state index contributed by atoms with van der Waals surface area (Å²) in [7, 11) is 0. The zero-order valence-electron chi connectivity index (χ0n) is 13.7. The van der Waals surface area contributed by atoms with Crippen LogP contribution in [0.5, 0.6) is 0 Å². The largest absolute Gasteiger partial charge is 0.313 e. The van der Waals surface area contributed by atoms with Crippen molar-refractivity contribution in [2.24, 2.45) is 0 Å². The predicted octanol–water partition coefficient (Wildman–Crippen LogP) is 5.22. The normalized spacial score (nSPS) is 25.9. The van der Waals surface area contributed by atoms with Crippen LogP contribution in [0.3, 0.4) is 0 Å². The summed E-state index contributed by atoms with van der Waals surface area (Å²) in [6, 6.07) is 11.9. The highest BCUT2D eigenvalue weighted by atomic mass is 32.2. The molecule has 0 heterocycles. The third-order valence-corrected chi connectivity index (χ3v) is 6.08. The Kier molecular flexibility index (Phi) is 7.66. The maximum Gasteiger partial charge on any atom is 0.0206 e. The molecule has 1 saturated carbocycles. The van der Waals surface area contributed by atoms with Crippen LogP contribution in [-0.4, -0.2) is 23.6 Å². The van der Waals surface area contributed by atoms with Gasteiger partial charge in [-0.2, -0.15) is 11.8 Å². The van der Waals surface area contributed by atoms with Gasteiger partial charge in [0.15, 0.2) is 0 Å². The number of rotatable bonds is 8. The molecule has 1 nitrogen and oxygen atoms in total. The quantitative estimate of drug-likeness (QED) is 0.660. The van der Waals surface area contributed by atoms with Gasteiger partial charge in [0.1, 0.15) is 0 Å². The summed E-state index contributed by atoms with van der Waals surface area (Å²) in [5.41, 5.74) is 1.55. The first kappa shape index (κ1) is 16.9. The molecule has 2 rings (SSSR count). The molecule has 3 unspecified atom stereocenters. The fraction of sp³-hybridized carbons (Fsp3) is 0.684. The van der Waals surface area contributed by atoms with E-state index in [9.17, 15) is 0 Å². The first-order chi connectivity index (χ1) is 10.3. The van der Waals surface area contributed by atoms with E-state index < -0.39 is 0 Å². The lowest BCUT2D eigenvalue weighted by Gasteiger charge is -2.36. The van der Waals surface area contributed by atoms with E-state index in [0.29, 0.717) is 0 Å². The molecular formula is C19H31NS. The molecule has 0 bridgehead atoms. The molecule has 0 spiro atoms. The number of thioether (sulfide) groups is 1. The van der Waals surface area contributed by atoms with Crippen molar-refractivity contribution in [2.45, 2.75) is 69.6 Å². The van der Waals surface area contributed by atoms with E-state index in [1.165, 1.54) is 44.3 Å². The van der Waals surface area contributed by atoms with Crippen LogP contribution in [0.15, 0.2) is 30.3 Å². The second kappa shape index (κ2) is 9.53. The van der Waals surface area contributed by atoms with Crippen molar-refractivity contribution >= 4 is 11.8 Å². The first-order valence-corrected chi connectivity index (χ1v) is 9.80. The molecule has 0 aromatic heterocycles. The van der Waals surface area contributed by atoms with Gasteiger partial charge in [0.25, 0.3) is 0 Å². The minimum atomic E-state index is 0.724. The summed E-state index contributed by atoms with van der Waals surface area (Å²) in [5.74, 6) is 2.10. The highest BCUT2D eigenvalue weighted by Gasteiger charge is 2.30. The van der Waals surface area contributed by atoms with E-state index in [4.69, 9.17) is 0 Å². The van der Waals surface area contributed by atoms with E-state index in [-0.39, 0.29) is 0 Å². The topological polar surface area (TPSA) is 12.0 Å². The molecule has 2 heteroatoms. The molecular weight excluding hydrogens is 274 g/mol. The summed E-state index contributed by atoms with van der Waals surface area (Å²) >= 11 is 2.22. The van der Waals surface area contributed by atoms with Crippen LogP contribution in [0.4, 0.5) is 0 Å². The van der Waals surface area contributed by atoms with E-state index >= 15 is 0 Å². The highest BCUT2D eigenvalue weighted by Crippen LogP contribution is 2.38.